The maximum atomic E-state index is 5.62. The van der Waals surface area contributed by atoms with Gasteiger partial charge in [0.25, 0.3) is 5.82 Å². The molecule has 4 heteroatoms. The van der Waals surface area contributed by atoms with Gasteiger partial charge in [0.2, 0.25) is 0 Å². The predicted molar refractivity (Wildman–Crippen MR) is 207 cm³/mol. The molecule has 1 aliphatic heterocycles. The normalized spacial score (nSPS) is 14.9. The Hall–Kier alpha value is -4.18. The fourth-order valence-electron chi connectivity index (χ4n) is 7.62. The molecule has 6 rings (SSSR count). The van der Waals surface area contributed by atoms with Gasteiger partial charge in [-0.15, -0.1) is 0 Å². The highest BCUT2D eigenvalue weighted by Gasteiger charge is 2.38. The molecule has 4 nitrogen and oxygen atoms in total. The Morgan fingerprint density at radius 3 is 1.92 bits per heavy atom. The number of benzene rings is 3. The minimum Gasteiger partial charge on any atom is -0.369 e. The van der Waals surface area contributed by atoms with Gasteiger partial charge < -0.3 is 9.88 Å². The number of rotatable bonds is 10. The fraction of sp³-hybridized carbons (Fsp3) is 0.409. The van der Waals surface area contributed by atoms with Crippen LogP contribution < -0.4 is 9.89 Å². The van der Waals surface area contributed by atoms with Crippen LogP contribution in [0.1, 0.15) is 156 Å². The van der Waals surface area contributed by atoms with E-state index in [1.165, 1.54) is 61.6 Å². The molecule has 0 spiro atoms. The van der Waals surface area contributed by atoms with Crippen molar-refractivity contribution >= 4 is 28.5 Å². The molecule has 1 unspecified atom stereocenters. The zero-order chi connectivity index (χ0) is 34.4. The van der Waals surface area contributed by atoms with Gasteiger partial charge >= 0.3 is 5.82 Å². The van der Waals surface area contributed by atoms with Gasteiger partial charge in [-0.05, 0) is 80.1 Å². The molecule has 250 valence electrons. The number of aromatic nitrogens is 2. The minimum atomic E-state index is -0.152. The van der Waals surface area contributed by atoms with Gasteiger partial charge in [-0.2, -0.15) is 4.58 Å². The zero-order valence-corrected chi connectivity index (χ0v) is 31.0. The highest BCUT2D eigenvalue weighted by molar-refractivity contribution is 6.31. The smallest absolute Gasteiger partial charge is 0.347 e. The summed E-state index contributed by atoms with van der Waals surface area (Å²) in [6.45, 7) is 23.2. The molecule has 2 heterocycles. The molecule has 2 aliphatic rings. The summed E-state index contributed by atoms with van der Waals surface area (Å²) in [4.78, 5) is 5.62. The molecule has 0 fully saturated rings. The molecular weight excluding hydrogens is 585 g/mol. The van der Waals surface area contributed by atoms with E-state index in [9.17, 15) is 0 Å². The van der Waals surface area contributed by atoms with E-state index in [1.54, 1.807) is 0 Å². The molecule has 0 saturated carbocycles. The number of fused-ring (bicyclic) bond motifs is 3. The van der Waals surface area contributed by atoms with Crippen LogP contribution in [0, 0.1) is 0 Å². The highest BCUT2D eigenvalue weighted by atomic mass is 15.2. The first-order valence-electron chi connectivity index (χ1n) is 18.1. The van der Waals surface area contributed by atoms with Gasteiger partial charge in [0, 0.05) is 30.3 Å². The Balaban J connectivity index is 1.64. The predicted octanol–water partition coefficient (Wildman–Crippen LogP) is 11.9. The van der Waals surface area contributed by atoms with E-state index in [4.69, 9.17) is 4.98 Å². The van der Waals surface area contributed by atoms with Gasteiger partial charge in [0.15, 0.2) is 0 Å². The van der Waals surface area contributed by atoms with Crippen LogP contribution >= 0.6 is 0 Å². The number of aryl methyl sites for hydroxylation is 1. The molecule has 0 radical (unpaired) electrons. The molecule has 48 heavy (non-hydrogen) atoms. The van der Waals surface area contributed by atoms with Crippen LogP contribution in [-0.2, 0) is 7.05 Å². The Kier molecular flexibility index (Phi) is 9.40. The van der Waals surface area contributed by atoms with E-state index in [1.807, 2.05) is 0 Å². The summed E-state index contributed by atoms with van der Waals surface area (Å²) in [5.74, 6) is 3.92. The lowest BCUT2D eigenvalue weighted by atomic mass is 9.81. The third-order valence-electron chi connectivity index (χ3n) is 10.2. The number of hydrogen-bond donors (Lipinski definition) is 1. The molecule has 0 bridgehead atoms. The van der Waals surface area contributed by atoms with E-state index < -0.39 is 0 Å². The van der Waals surface area contributed by atoms with Crippen molar-refractivity contribution in [1.82, 2.24) is 14.1 Å². The van der Waals surface area contributed by atoms with E-state index >= 15 is 0 Å². The van der Waals surface area contributed by atoms with Crippen molar-refractivity contribution < 1.29 is 0 Å². The quantitative estimate of drug-likeness (QED) is 0.175. The van der Waals surface area contributed by atoms with Crippen molar-refractivity contribution in [3.8, 4) is 0 Å². The van der Waals surface area contributed by atoms with Crippen molar-refractivity contribution in [3.63, 3.8) is 0 Å². The van der Waals surface area contributed by atoms with E-state index in [-0.39, 0.29) is 6.04 Å². The topological polar surface area (TPSA) is 32.9 Å². The maximum Gasteiger partial charge on any atom is 0.347 e. The first-order chi connectivity index (χ1) is 22.9. The van der Waals surface area contributed by atoms with Crippen molar-refractivity contribution in [2.45, 2.75) is 111 Å². The lowest BCUT2D eigenvalue weighted by Crippen LogP contribution is -2.23. The number of anilines is 1. The van der Waals surface area contributed by atoms with Gasteiger partial charge in [-0.25, -0.2) is 0 Å². The summed E-state index contributed by atoms with van der Waals surface area (Å²) in [6, 6.07) is 20.4. The molecule has 1 atom stereocenters. The Morgan fingerprint density at radius 2 is 1.33 bits per heavy atom. The average Bonchev–Trinajstić information content (AvgIpc) is 3.59. The van der Waals surface area contributed by atoms with Crippen LogP contribution in [0.2, 0.25) is 0 Å². The van der Waals surface area contributed by atoms with Crippen LogP contribution in [0.4, 0.5) is 17.2 Å². The summed E-state index contributed by atoms with van der Waals surface area (Å²) in [5, 5.41) is 4.24. The number of para-hydroxylation sites is 2. The molecule has 0 saturated heterocycles. The first-order valence-corrected chi connectivity index (χ1v) is 18.1. The molecular formula is C44H55N4+. The summed E-state index contributed by atoms with van der Waals surface area (Å²) in [5.41, 5.74) is 14.6. The van der Waals surface area contributed by atoms with E-state index in [2.05, 4.69) is 170 Å². The Labute approximate surface area is 289 Å². The monoisotopic (exact) mass is 639 g/mol. The van der Waals surface area contributed by atoms with Crippen molar-refractivity contribution in [1.29, 1.82) is 0 Å². The molecule has 1 aromatic heterocycles. The number of imidazole rings is 1. The number of hydrogen-bond acceptors (Lipinski definition) is 2. The van der Waals surface area contributed by atoms with Crippen LogP contribution in [0.5, 0.6) is 0 Å². The Morgan fingerprint density at radius 1 is 0.729 bits per heavy atom. The summed E-state index contributed by atoms with van der Waals surface area (Å²) in [7, 11) is 2.18. The third-order valence-corrected chi connectivity index (χ3v) is 10.2. The van der Waals surface area contributed by atoms with Crippen LogP contribution in [-0.4, -0.2) is 15.3 Å². The number of nitrogens with zero attached hydrogens (tertiary/aromatic N) is 3. The Bertz CT molecular complexity index is 1870. The molecule has 3 aromatic carbocycles. The van der Waals surface area contributed by atoms with Crippen molar-refractivity contribution in [2.24, 2.45) is 7.05 Å². The second-order valence-corrected chi connectivity index (χ2v) is 15.4. The fourth-order valence-corrected chi connectivity index (χ4v) is 7.62. The van der Waals surface area contributed by atoms with Gasteiger partial charge in [0.1, 0.15) is 23.6 Å². The third kappa shape index (κ3) is 5.99. The van der Waals surface area contributed by atoms with Crippen molar-refractivity contribution in [3.05, 3.63) is 124 Å². The van der Waals surface area contributed by atoms with E-state index in [0.29, 0.717) is 29.6 Å². The maximum absolute atomic E-state index is 5.62. The van der Waals surface area contributed by atoms with Crippen LogP contribution in [0.15, 0.2) is 79.0 Å². The van der Waals surface area contributed by atoms with Gasteiger partial charge in [-0.3, -0.25) is 0 Å². The van der Waals surface area contributed by atoms with E-state index in [0.717, 1.165) is 18.1 Å². The van der Waals surface area contributed by atoms with Crippen LogP contribution in [0.3, 0.4) is 0 Å². The second-order valence-electron chi connectivity index (χ2n) is 15.4. The summed E-state index contributed by atoms with van der Waals surface area (Å²) < 4.78 is 4.66. The average molecular weight is 640 g/mol. The largest absolute Gasteiger partial charge is 0.369 e. The van der Waals surface area contributed by atoms with Crippen LogP contribution in [0.25, 0.3) is 5.57 Å². The highest BCUT2D eigenvalue weighted by Crippen LogP contribution is 2.44. The first kappa shape index (κ1) is 33.7. The van der Waals surface area contributed by atoms with Gasteiger partial charge in [0.05, 0.1) is 0 Å². The standard InChI is InChI=1S/C44H55N4/c1-26(2)31-23-36(29(7)8)41(37(24-31)30(9)10)43(46-42-32(27(3)4)19-16-20-33(42)28(5)6)44-45-40(25-47(44)11)48-38-21-14-12-17-34(38)35-18-13-15-22-39(35)48/h12-21,23-30,43,46H,22H2,1-11H3/q+1. The molecule has 0 amide bonds. The summed E-state index contributed by atoms with van der Waals surface area (Å²) in [6.07, 6.45) is 9.81. The zero-order valence-electron chi connectivity index (χ0n) is 31.0. The summed E-state index contributed by atoms with van der Waals surface area (Å²) >= 11 is 0. The SMILES string of the molecule is CC(C)c1cc(C(C)C)c(C(Nc2c(C(C)C)cccc2C(C)C)c2nc([N+]3=C4CC=CC=C4c4ccccc43)cn2C)c(C(C)C)c1. The molecule has 4 aromatic rings. The lowest BCUT2D eigenvalue weighted by Gasteiger charge is -2.30. The molecule has 1 aliphatic carbocycles. The van der Waals surface area contributed by atoms with Gasteiger partial charge in [-0.1, -0.05) is 130 Å². The van der Waals surface area contributed by atoms with Crippen molar-refractivity contribution in [2.75, 3.05) is 5.32 Å². The minimum absolute atomic E-state index is 0.152. The second kappa shape index (κ2) is 13.4. The number of allylic oxidation sites excluding steroid dienone is 4. The lowest BCUT2D eigenvalue weighted by molar-refractivity contribution is 0.700. The number of nitrogens with one attached hydrogen (secondary N) is 1. The molecule has 1 N–H and O–H groups in total.